The molecule has 90 valence electrons. The molecule has 2 aromatic rings. The van der Waals surface area contributed by atoms with Crippen molar-refractivity contribution in [3.05, 3.63) is 18.0 Å². The predicted octanol–water partition coefficient (Wildman–Crippen LogP) is 1.72. The van der Waals surface area contributed by atoms with E-state index in [4.69, 9.17) is 4.74 Å². The van der Waals surface area contributed by atoms with E-state index in [1.54, 1.807) is 0 Å². The summed E-state index contributed by atoms with van der Waals surface area (Å²) in [5.41, 5.74) is 1.75. The number of aromatic amines is 1. The number of rotatable bonds is 3. The van der Waals surface area contributed by atoms with Crippen LogP contribution in [0.25, 0.3) is 11.2 Å². The van der Waals surface area contributed by atoms with E-state index in [2.05, 4.69) is 20.3 Å². The van der Waals surface area contributed by atoms with Crippen LogP contribution in [0, 0.1) is 0 Å². The molecule has 1 aliphatic rings. The first kappa shape index (κ1) is 10.5. The van der Waals surface area contributed by atoms with Gasteiger partial charge in [-0.05, 0) is 25.0 Å². The number of aromatic nitrogens is 3. The number of H-pyrrole nitrogens is 1. The lowest BCUT2D eigenvalue weighted by Gasteiger charge is -2.05. The van der Waals surface area contributed by atoms with E-state index in [9.17, 15) is 0 Å². The third-order valence-corrected chi connectivity index (χ3v) is 3.10. The van der Waals surface area contributed by atoms with Gasteiger partial charge in [0.2, 0.25) is 0 Å². The van der Waals surface area contributed by atoms with Gasteiger partial charge in [-0.2, -0.15) is 0 Å². The zero-order valence-corrected chi connectivity index (χ0v) is 9.86. The van der Waals surface area contributed by atoms with Crippen molar-refractivity contribution in [2.45, 2.75) is 25.4 Å². The van der Waals surface area contributed by atoms with Gasteiger partial charge in [-0.25, -0.2) is 9.97 Å². The van der Waals surface area contributed by atoms with Gasteiger partial charge in [0.25, 0.3) is 0 Å². The van der Waals surface area contributed by atoms with Crippen LogP contribution in [0.4, 0.5) is 5.82 Å². The second-order valence-corrected chi connectivity index (χ2v) is 4.34. The average Bonchev–Trinajstić information content (AvgIpc) is 2.96. The molecule has 0 aliphatic carbocycles. The van der Waals surface area contributed by atoms with Gasteiger partial charge in [0.1, 0.15) is 11.6 Å². The standard InChI is InChI=1S/C12H16N4O/c1-13-10-5-4-9-12(15-10)16-11(14-9)7-8-3-2-6-17-8/h4-5,8H,2-3,6-7H2,1H3,(H2,13,14,15,16). The van der Waals surface area contributed by atoms with E-state index in [1.807, 2.05) is 19.2 Å². The summed E-state index contributed by atoms with van der Waals surface area (Å²) in [6.07, 6.45) is 3.46. The fraction of sp³-hybridized carbons (Fsp3) is 0.500. The summed E-state index contributed by atoms with van der Waals surface area (Å²) in [7, 11) is 1.86. The summed E-state index contributed by atoms with van der Waals surface area (Å²) in [5, 5.41) is 3.01. The number of pyridine rings is 1. The Morgan fingerprint density at radius 2 is 2.41 bits per heavy atom. The number of nitrogens with one attached hydrogen (secondary N) is 2. The molecule has 1 atom stereocenters. The van der Waals surface area contributed by atoms with Gasteiger partial charge in [-0.15, -0.1) is 0 Å². The van der Waals surface area contributed by atoms with Gasteiger partial charge < -0.3 is 15.0 Å². The maximum absolute atomic E-state index is 5.61. The molecule has 1 aliphatic heterocycles. The molecule has 0 radical (unpaired) electrons. The van der Waals surface area contributed by atoms with Gasteiger partial charge in [-0.3, -0.25) is 0 Å². The van der Waals surface area contributed by atoms with Gasteiger partial charge in [-0.1, -0.05) is 0 Å². The molecule has 1 saturated heterocycles. The quantitative estimate of drug-likeness (QED) is 0.845. The van der Waals surface area contributed by atoms with E-state index in [1.165, 1.54) is 0 Å². The van der Waals surface area contributed by atoms with Crippen LogP contribution in [0.1, 0.15) is 18.7 Å². The minimum absolute atomic E-state index is 0.319. The van der Waals surface area contributed by atoms with Crippen molar-refractivity contribution in [3.63, 3.8) is 0 Å². The SMILES string of the molecule is CNc1ccc2[nH]c(CC3CCCO3)nc2n1. The molecule has 0 aromatic carbocycles. The number of ether oxygens (including phenoxy) is 1. The summed E-state index contributed by atoms with van der Waals surface area (Å²) in [6, 6.07) is 3.94. The monoisotopic (exact) mass is 232 g/mol. The minimum atomic E-state index is 0.319. The molecule has 3 heterocycles. The lowest BCUT2D eigenvalue weighted by molar-refractivity contribution is 0.110. The Labute approximate surface area is 99.6 Å². The molecule has 2 aromatic heterocycles. The predicted molar refractivity (Wildman–Crippen MR) is 66.1 cm³/mol. The van der Waals surface area contributed by atoms with Crippen molar-refractivity contribution in [2.24, 2.45) is 0 Å². The highest BCUT2D eigenvalue weighted by atomic mass is 16.5. The second kappa shape index (κ2) is 4.33. The zero-order valence-electron chi connectivity index (χ0n) is 9.86. The number of anilines is 1. The summed E-state index contributed by atoms with van der Waals surface area (Å²) in [6.45, 7) is 0.882. The number of nitrogens with zero attached hydrogens (tertiary/aromatic N) is 2. The molecular formula is C12H16N4O. The highest BCUT2D eigenvalue weighted by Gasteiger charge is 2.17. The van der Waals surface area contributed by atoms with E-state index >= 15 is 0 Å². The number of hydrogen-bond donors (Lipinski definition) is 2. The van der Waals surface area contributed by atoms with Crippen LogP contribution in [0.15, 0.2) is 12.1 Å². The Kier molecular flexibility index (Phi) is 2.68. The lowest BCUT2D eigenvalue weighted by Crippen LogP contribution is -2.09. The van der Waals surface area contributed by atoms with Crippen molar-refractivity contribution in [2.75, 3.05) is 19.0 Å². The Balaban J connectivity index is 1.85. The van der Waals surface area contributed by atoms with Gasteiger partial charge in [0.05, 0.1) is 11.6 Å². The molecule has 2 N–H and O–H groups in total. The number of hydrogen-bond acceptors (Lipinski definition) is 4. The molecule has 17 heavy (non-hydrogen) atoms. The van der Waals surface area contributed by atoms with Crippen LogP contribution in [0.2, 0.25) is 0 Å². The summed E-state index contributed by atoms with van der Waals surface area (Å²) < 4.78 is 5.61. The molecule has 3 rings (SSSR count). The topological polar surface area (TPSA) is 62.8 Å². The molecule has 5 nitrogen and oxygen atoms in total. The molecule has 5 heteroatoms. The third-order valence-electron chi connectivity index (χ3n) is 3.10. The Bertz CT molecular complexity index is 516. The minimum Gasteiger partial charge on any atom is -0.378 e. The molecular weight excluding hydrogens is 216 g/mol. The first-order valence-electron chi connectivity index (χ1n) is 6.00. The van der Waals surface area contributed by atoms with Crippen LogP contribution in [-0.2, 0) is 11.2 Å². The highest BCUT2D eigenvalue weighted by Crippen LogP contribution is 2.18. The van der Waals surface area contributed by atoms with Crippen molar-refractivity contribution in [1.29, 1.82) is 0 Å². The molecule has 0 spiro atoms. The first-order valence-corrected chi connectivity index (χ1v) is 6.00. The maximum Gasteiger partial charge on any atom is 0.179 e. The normalized spacial score (nSPS) is 19.9. The molecule has 1 fully saturated rings. The zero-order chi connectivity index (χ0) is 11.7. The van der Waals surface area contributed by atoms with Crippen molar-refractivity contribution >= 4 is 17.0 Å². The second-order valence-electron chi connectivity index (χ2n) is 4.34. The molecule has 0 amide bonds. The lowest BCUT2D eigenvalue weighted by atomic mass is 10.2. The molecule has 1 unspecified atom stereocenters. The first-order chi connectivity index (χ1) is 8.35. The largest absolute Gasteiger partial charge is 0.378 e. The number of imidazole rings is 1. The van der Waals surface area contributed by atoms with Crippen molar-refractivity contribution < 1.29 is 4.74 Å². The van der Waals surface area contributed by atoms with Crippen LogP contribution in [0.5, 0.6) is 0 Å². The third kappa shape index (κ3) is 2.10. The van der Waals surface area contributed by atoms with Crippen molar-refractivity contribution in [3.8, 4) is 0 Å². The van der Waals surface area contributed by atoms with E-state index < -0.39 is 0 Å². The summed E-state index contributed by atoms with van der Waals surface area (Å²) >= 11 is 0. The Hall–Kier alpha value is -1.62. The smallest absolute Gasteiger partial charge is 0.179 e. The van der Waals surface area contributed by atoms with Crippen LogP contribution in [0.3, 0.4) is 0 Å². The van der Waals surface area contributed by atoms with E-state index in [-0.39, 0.29) is 0 Å². The van der Waals surface area contributed by atoms with Gasteiger partial charge in [0.15, 0.2) is 5.65 Å². The van der Waals surface area contributed by atoms with Crippen LogP contribution in [-0.4, -0.2) is 34.7 Å². The average molecular weight is 232 g/mol. The van der Waals surface area contributed by atoms with Crippen LogP contribution >= 0.6 is 0 Å². The van der Waals surface area contributed by atoms with Crippen LogP contribution < -0.4 is 5.32 Å². The highest BCUT2D eigenvalue weighted by molar-refractivity contribution is 5.72. The fourth-order valence-corrected chi connectivity index (χ4v) is 2.20. The Morgan fingerprint density at radius 1 is 1.47 bits per heavy atom. The number of fused-ring (bicyclic) bond motifs is 1. The van der Waals surface area contributed by atoms with E-state index in [0.29, 0.717) is 6.10 Å². The van der Waals surface area contributed by atoms with Crippen molar-refractivity contribution in [1.82, 2.24) is 15.0 Å². The van der Waals surface area contributed by atoms with E-state index in [0.717, 1.165) is 48.7 Å². The molecule has 0 saturated carbocycles. The summed E-state index contributed by atoms with van der Waals surface area (Å²) in [5.74, 6) is 1.81. The molecule has 0 bridgehead atoms. The van der Waals surface area contributed by atoms with Gasteiger partial charge >= 0.3 is 0 Å². The Morgan fingerprint density at radius 3 is 3.18 bits per heavy atom. The van der Waals surface area contributed by atoms with Gasteiger partial charge in [0, 0.05) is 20.1 Å². The maximum atomic E-state index is 5.61. The summed E-state index contributed by atoms with van der Waals surface area (Å²) in [4.78, 5) is 12.2. The fourth-order valence-electron chi connectivity index (χ4n) is 2.20.